The number of aryl methyl sites for hydroxylation is 1. The van der Waals surface area contributed by atoms with Gasteiger partial charge >= 0.3 is 0 Å². The second-order valence-corrected chi connectivity index (χ2v) is 6.61. The zero-order chi connectivity index (χ0) is 18.2. The molecule has 8 nitrogen and oxygen atoms in total. The third kappa shape index (κ3) is 6.56. The van der Waals surface area contributed by atoms with Gasteiger partial charge in [0.15, 0.2) is 5.82 Å². The van der Waals surface area contributed by atoms with Crippen molar-refractivity contribution in [3.05, 3.63) is 11.8 Å². The maximum atomic E-state index is 12.0. The molecule has 1 aliphatic carbocycles. The summed E-state index contributed by atoms with van der Waals surface area (Å²) in [6, 6.07) is 1.59. The second-order valence-electron chi connectivity index (χ2n) is 6.61. The van der Waals surface area contributed by atoms with Crippen LogP contribution in [0.15, 0.2) is 10.6 Å². The van der Waals surface area contributed by atoms with Crippen LogP contribution in [0.4, 0.5) is 5.82 Å². The average molecular weight is 350 g/mol. The molecule has 2 N–H and O–H groups in total. The summed E-state index contributed by atoms with van der Waals surface area (Å²) >= 11 is 0. The molecular formula is C17H26N4O4. The molecule has 0 spiro atoms. The SMILES string of the molecule is Cc1cc(NC(=O)CN(C)C(=O)CNC(=O)CC2CCCCC2)no1. The summed E-state index contributed by atoms with van der Waals surface area (Å²) in [6.45, 7) is 1.50. The van der Waals surface area contributed by atoms with E-state index in [4.69, 9.17) is 4.52 Å². The van der Waals surface area contributed by atoms with Gasteiger partial charge in [0.1, 0.15) is 5.76 Å². The number of carbonyl (C=O) groups excluding carboxylic acids is 3. The molecule has 0 unspecified atom stereocenters. The number of nitrogens with zero attached hydrogens (tertiary/aromatic N) is 2. The van der Waals surface area contributed by atoms with Crippen LogP contribution < -0.4 is 10.6 Å². The molecule has 2 rings (SSSR count). The highest BCUT2D eigenvalue weighted by Crippen LogP contribution is 2.25. The molecule has 0 aliphatic heterocycles. The Hall–Kier alpha value is -2.38. The molecule has 1 aliphatic rings. The molecule has 8 heteroatoms. The lowest BCUT2D eigenvalue weighted by Crippen LogP contribution is -2.41. The first-order valence-corrected chi connectivity index (χ1v) is 8.68. The van der Waals surface area contributed by atoms with E-state index in [0.717, 1.165) is 12.8 Å². The standard InChI is InChI=1S/C17H26N4O4/c1-12-8-14(20-25-12)19-16(23)11-21(2)17(24)10-18-15(22)9-13-6-4-3-5-7-13/h8,13H,3-7,9-11H2,1-2H3,(H,18,22)(H,19,20,23). The lowest BCUT2D eigenvalue weighted by atomic mass is 9.87. The first kappa shape index (κ1) is 19.0. The lowest BCUT2D eigenvalue weighted by Gasteiger charge is -2.21. The lowest BCUT2D eigenvalue weighted by molar-refractivity contribution is -0.134. The molecule has 0 aromatic carbocycles. The number of hydrogen-bond acceptors (Lipinski definition) is 5. The molecule has 0 radical (unpaired) electrons. The largest absolute Gasteiger partial charge is 0.360 e. The Morgan fingerprint density at radius 1 is 1.24 bits per heavy atom. The van der Waals surface area contributed by atoms with Gasteiger partial charge in [-0.15, -0.1) is 0 Å². The highest BCUT2D eigenvalue weighted by molar-refractivity contribution is 5.94. The number of hydrogen-bond donors (Lipinski definition) is 2. The highest BCUT2D eigenvalue weighted by Gasteiger charge is 2.19. The van der Waals surface area contributed by atoms with E-state index < -0.39 is 0 Å². The molecule has 1 fully saturated rings. The van der Waals surface area contributed by atoms with E-state index in [2.05, 4.69) is 15.8 Å². The fourth-order valence-corrected chi connectivity index (χ4v) is 2.95. The van der Waals surface area contributed by atoms with E-state index in [1.165, 1.54) is 31.2 Å². The van der Waals surface area contributed by atoms with Crippen LogP contribution in [0.5, 0.6) is 0 Å². The summed E-state index contributed by atoms with van der Waals surface area (Å²) in [4.78, 5) is 37.1. The number of likely N-dealkylation sites (N-methyl/N-ethyl adjacent to an activating group) is 1. The Bertz CT molecular complexity index is 608. The molecule has 0 saturated heterocycles. The predicted octanol–water partition coefficient (Wildman–Crippen LogP) is 1.47. The molecule has 138 valence electrons. The second kappa shape index (κ2) is 9.19. The number of aromatic nitrogens is 1. The van der Waals surface area contributed by atoms with E-state index in [9.17, 15) is 14.4 Å². The monoisotopic (exact) mass is 350 g/mol. The van der Waals surface area contributed by atoms with E-state index in [1.807, 2.05) is 0 Å². The Morgan fingerprint density at radius 3 is 2.60 bits per heavy atom. The number of amides is 3. The Labute approximate surface area is 147 Å². The fraction of sp³-hybridized carbons (Fsp3) is 0.647. The quantitative estimate of drug-likeness (QED) is 0.775. The fourth-order valence-electron chi connectivity index (χ4n) is 2.95. The number of anilines is 1. The van der Waals surface area contributed by atoms with Gasteiger partial charge in [0.2, 0.25) is 17.7 Å². The zero-order valence-electron chi connectivity index (χ0n) is 14.8. The van der Waals surface area contributed by atoms with Gasteiger partial charge in [-0.25, -0.2) is 0 Å². The van der Waals surface area contributed by atoms with Crippen LogP contribution in [-0.2, 0) is 14.4 Å². The van der Waals surface area contributed by atoms with E-state index in [0.29, 0.717) is 23.9 Å². The summed E-state index contributed by atoms with van der Waals surface area (Å²) in [6.07, 6.45) is 6.26. The minimum Gasteiger partial charge on any atom is -0.360 e. The van der Waals surface area contributed by atoms with Crippen molar-refractivity contribution in [1.82, 2.24) is 15.4 Å². The summed E-state index contributed by atoms with van der Waals surface area (Å²) < 4.78 is 4.85. The Morgan fingerprint density at radius 2 is 1.96 bits per heavy atom. The third-order valence-electron chi connectivity index (χ3n) is 4.34. The van der Waals surface area contributed by atoms with E-state index >= 15 is 0 Å². The Balaban J connectivity index is 1.66. The molecule has 1 aromatic heterocycles. The molecule has 0 bridgehead atoms. The van der Waals surface area contributed by atoms with E-state index in [1.54, 1.807) is 13.0 Å². The van der Waals surface area contributed by atoms with Crippen LogP contribution in [0.3, 0.4) is 0 Å². The molecule has 1 saturated carbocycles. The van der Waals surface area contributed by atoms with Crippen LogP contribution >= 0.6 is 0 Å². The van der Waals surface area contributed by atoms with Gasteiger partial charge in [0.05, 0.1) is 13.1 Å². The van der Waals surface area contributed by atoms with Crippen molar-refractivity contribution in [2.75, 3.05) is 25.5 Å². The van der Waals surface area contributed by atoms with Crippen molar-refractivity contribution in [2.45, 2.75) is 45.4 Å². The predicted molar refractivity (Wildman–Crippen MR) is 91.7 cm³/mol. The molecule has 3 amide bonds. The topological polar surface area (TPSA) is 105 Å². The maximum absolute atomic E-state index is 12.0. The van der Waals surface area contributed by atoms with Crippen LogP contribution in [0.2, 0.25) is 0 Å². The van der Waals surface area contributed by atoms with Gasteiger partial charge in [0.25, 0.3) is 0 Å². The average Bonchev–Trinajstić information content (AvgIpc) is 2.98. The smallest absolute Gasteiger partial charge is 0.245 e. The van der Waals surface area contributed by atoms with Crippen LogP contribution in [0.25, 0.3) is 0 Å². The summed E-state index contributed by atoms with van der Waals surface area (Å²) in [5.41, 5.74) is 0. The molecule has 25 heavy (non-hydrogen) atoms. The van der Waals surface area contributed by atoms with Crippen molar-refractivity contribution >= 4 is 23.5 Å². The maximum Gasteiger partial charge on any atom is 0.245 e. The van der Waals surface area contributed by atoms with Crippen LogP contribution in [-0.4, -0.2) is 47.9 Å². The van der Waals surface area contributed by atoms with Crippen molar-refractivity contribution in [3.8, 4) is 0 Å². The molecule has 1 aromatic rings. The molecular weight excluding hydrogens is 324 g/mol. The summed E-state index contributed by atoms with van der Waals surface area (Å²) in [5, 5.41) is 8.85. The van der Waals surface area contributed by atoms with E-state index in [-0.39, 0.29) is 30.8 Å². The van der Waals surface area contributed by atoms with Crippen molar-refractivity contribution < 1.29 is 18.9 Å². The number of rotatable bonds is 7. The number of carbonyl (C=O) groups is 3. The van der Waals surface area contributed by atoms with Gasteiger partial charge in [-0.1, -0.05) is 24.4 Å². The Kier molecular flexibility index (Phi) is 6.97. The highest BCUT2D eigenvalue weighted by atomic mass is 16.5. The summed E-state index contributed by atoms with van der Waals surface area (Å²) in [7, 11) is 1.52. The van der Waals surface area contributed by atoms with Gasteiger partial charge in [-0.05, 0) is 25.7 Å². The third-order valence-corrected chi connectivity index (χ3v) is 4.34. The molecule has 0 atom stereocenters. The van der Waals surface area contributed by atoms with Gasteiger partial charge in [-0.2, -0.15) is 0 Å². The van der Waals surface area contributed by atoms with Gasteiger partial charge in [-0.3, -0.25) is 14.4 Å². The minimum absolute atomic E-state index is 0.0988. The molecule has 1 heterocycles. The normalized spacial score (nSPS) is 14.8. The van der Waals surface area contributed by atoms with Crippen molar-refractivity contribution in [1.29, 1.82) is 0 Å². The van der Waals surface area contributed by atoms with Crippen molar-refractivity contribution in [3.63, 3.8) is 0 Å². The first-order valence-electron chi connectivity index (χ1n) is 8.68. The number of nitrogens with one attached hydrogen (secondary N) is 2. The van der Waals surface area contributed by atoms with Crippen LogP contribution in [0, 0.1) is 12.8 Å². The minimum atomic E-state index is -0.377. The first-order chi connectivity index (χ1) is 11.9. The zero-order valence-corrected chi connectivity index (χ0v) is 14.8. The summed E-state index contributed by atoms with van der Waals surface area (Å²) in [5.74, 6) is 0.528. The van der Waals surface area contributed by atoms with Crippen LogP contribution in [0.1, 0.15) is 44.3 Å². The van der Waals surface area contributed by atoms with Crippen molar-refractivity contribution in [2.24, 2.45) is 5.92 Å². The van der Waals surface area contributed by atoms with Gasteiger partial charge < -0.3 is 20.1 Å². The van der Waals surface area contributed by atoms with Gasteiger partial charge in [0, 0.05) is 19.5 Å².